The Morgan fingerprint density at radius 1 is 1.07 bits per heavy atom. The molecule has 0 saturated heterocycles. The van der Waals surface area contributed by atoms with Crippen LogP contribution in [-0.4, -0.2) is 54.3 Å². The van der Waals surface area contributed by atoms with Crippen molar-refractivity contribution in [1.29, 1.82) is 0 Å². The first-order valence-electron chi connectivity index (χ1n) is 13.3. The van der Waals surface area contributed by atoms with E-state index in [0.717, 1.165) is 30.6 Å². The molecule has 13 heteroatoms. The van der Waals surface area contributed by atoms with Crippen LogP contribution in [0.2, 0.25) is 0 Å². The molecule has 0 aliphatic rings. The van der Waals surface area contributed by atoms with Crippen LogP contribution in [0, 0.1) is 19.8 Å². The van der Waals surface area contributed by atoms with Crippen molar-refractivity contribution < 1.29 is 27.6 Å². The van der Waals surface area contributed by atoms with Crippen molar-refractivity contribution in [2.24, 2.45) is 5.92 Å². The SMILES string of the molecule is CCC(CC)CCC(=O)Cn1cccc(CC(=O)[C@H](CCC(=O)C(=O)NC)NS(=O)(=O)c2sc(C)nc2C)c1=O. The van der Waals surface area contributed by atoms with Gasteiger partial charge in [-0.15, -0.1) is 11.3 Å². The largest absolute Gasteiger partial charge is 0.353 e. The molecule has 2 aromatic heterocycles. The summed E-state index contributed by atoms with van der Waals surface area (Å²) in [5.41, 5.74) is -0.168. The monoisotopic (exact) mass is 594 g/mol. The number of carbonyl (C=O) groups excluding carboxylic acids is 4. The number of nitrogens with zero attached hydrogens (tertiary/aromatic N) is 2. The molecular weight excluding hydrogens is 556 g/mol. The molecule has 2 rings (SSSR count). The molecule has 0 radical (unpaired) electrons. The highest BCUT2D eigenvalue weighted by Crippen LogP contribution is 2.23. The summed E-state index contributed by atoms with van der Waals surface area (Å²) in [6.45, 7) is 7.21. The standard InChI is InChI=1S/C27H38N4O7S2/c1-6-19(7-2)10-11-21(32)16-31-14-8-9-20(26(31)36)15-24(34)22(12-13-23(33)25(35)28-5)30-40(37,38)27-17(3)29-18(4)39-27/h8-9,14,19,22,30H,6-7,10-13,15-16H2,1-5H3,(H,28,35)/t22-/m0/s1. The first-order chi connectivity index (χ1) is 18.8. The van der Waals surface area contributed by atoms with Gasteiger partial charge in [-0.3, -0.25) is 24.0 Å². The Labute approximate surface area is 238 Å². The van der Waals surface area contributed by atoms with Crippen LogP contribution >= 0.6 is 11.3 Å². The van der Waals surface area contributed by atoms with Crippen LogP contribution in [0.5, 0.6) is 0 Å². The zero-order valence-electron chi connectivity index (χ0n) is 23.6. The van der Waals surface area contributed by atoms with E-state index in [1.54, 1.807) is 13.0 Å². The number of likely N-dealkylation sites (N-methyl/N-ethyl adjacent to an activating group) is 1. The van der Waals surface area contributed by atoms with Gasteiger partial charge in [0.15, 0.2) is 15.8 Å². The second-order valence-corrected chi connectivity index (χ2v) is 12.8. The van der Waals surface area contributed by atoms with Crippen LogP contribution in [0.1, 0.15) is 68.6 Å². The second-order valence-electron chi connectivity index (χ2n) is 9.69. The summed E-state index contributed by atoms with van der Waals surface area (Å²) in [5, 5.41) is 2.73. The van der Waals surface area contributed by atoms with E-state index in [0.29, 0.717) is 17.3 Å². The highest BCUT2D eigenvalue weighted by atomic mass is 32.2. The van der Waals surface area contributed by atoms with E-state index >= 15 is 0 Å². The first kappa shape index (κ1) is 33.2. The number of pyridine rings is 1. The number of aromatic nitrogens is 2. The number of Topliss-reactive ketones (excluding diaryl/α,β-unsaturated/α-hetero) is 3. The minimum absolute atomic E-state index is 0.0607. The van der Waals surface area contributed by atoms with Gasteiger partial charge in [0.2, 0.25) is 5.78 Å². The molecule has 1 atom stereocenters. The topological polar surface area (TPSA) is 161 Å². The summed E-state index contributed by atoms with van der Waals surface area (Å²) in [6, 6.07) is 1.62. The maximum atomic E-state index is 13.3. The third kappa shape index (κ3) is 9.27. The Morgan fingerprint density at radius 3 is 2.33 bits per heavy atom. The van der Waals surface area contributed by atoms with Gasteiger partial charge in [-0.2, -0.15) is 4.72 Å². The van der Waals surface area contributed by atoms with E-state index in [9.17, 15) is 32.4 Å². The second kappa shape index (κ2) is 15.1. The zero-order valence-corrected chi connectivity index (χ0v) is 25.2. The third-order valence-electron chi connectivity index (χ3n) is 6.73. The van der Waals surface area contributed by atoms with Gasteiger partial charge in [-0.05, 0) is 38.7 Å². The van der Waals surface area contributed by atoms with Crippen molar-refractivity contribution in [3.05, 3.63) is 44.9 Å². The lowest BCUT2D eigenvalue weighted by molar-refractivity contribution is -0.137. The molecule has 2 N–H and O–H groups in total. The number of hydrogen-bond donors (Lipinski definition) is 2. The number of thiazole rings is 1. The fourth-order valence-corrected chi connectivity index (χ4v) is 7.06. The number of rotatable bonds is 17. The molecule has 0 unspecified atom stereocenters. The Morgan fingerprint density at radius 2 is 1.75 bits per heavy atom. The molecule has 0 bridgehead atoms. The number of hydrogen-bond acceptors (Lipinski definition) is 9. The quantitative estimate of drug-likeness (QED) is 0.264. The third-order valence-corrected chi connectivity index (χ3v) is 9.88. The maximum Gasteiger partial charge on any atom is 0.287 e. The summed E-state index contributed by atoms with van der Waals surface area (Å²) in [6.07, 6.45) is 3.42. The summed E-state index contributed by atoms with van der Waals surface area (Å²) < 4.78 is 29.7. The van der Waals surface area contributed by atoms with Gasteiger partial charge in [0.25, 0.3) is 21.5 Å². The van der Waals surface area contributed by atoms with Gasteiger partial charge in [0.05, 0.1) is 23.3 Å². The van der Waals surface area contributed by atoms with Crippen LogP contribution < -0.4 is 15.6 Å². The number of nitrogens with one attached hydrogen (secondary N) is 2. The van der Waals surface area contributed by atoms with Crippen LogP contribution in [-0.2, 0) is 42.2 Å². The molecule has 0 aromatic carbocycles. The predicted octanol–water partition coefficient (Wildman–Crippen LogP) is 2.26. The number of amides is 1. The van der Waals surface area contributed by atoms with Gasteiger partial charge < -0.3 is 9.88 Å². The zero-order chi connectivity index (χ0) is 30.0. The van der Waals surface area contributed by atoms with E-state index in [-0.39, 0.29) is 40.6 Å². The molecule has 0 aliphatic carbocycles. The highest BCUT2D eigenvalue weighted by molar-refractivity contribution is 7.91. The molecule has 0 fully saturated rings. The molecule has 0 spiro atoms. The molecule has 0 saturated carbocycles. The molecular formula is C27H38N4O7S2. The lowest BCUT2D eigenvalue weighted by atomic mass is 9.96. The van der Waals surface area contributed by atoms with E-state index in [1.807, 2.05) is 0 Å². The van der Waals surface area contributed by atoms with E-state index in [4.69, 9.17) is 0 Å². The van der Waals surface area contributed by atoms with Crippen molar-refractivity contribution in [3.63, 3.8) is 0 Å². The van der Waals surface area contributed by atoms with Gasteiger partial charge in [-0.1, -0.05) is 32.8 Å². The fourth-order valence-electron chi connectivity index (χ4n) is 4.30. The van der Waals surface area contributed by atoms with Gasteiger partial charge in [0.1, 0.15) is 0 Å². The van der Waals surface area contributed by atoms with Crippen molar-refractivity contribution in [2.45, 2.75) is 89.4 Å². The molecule has 40 heavy (non-hydrogen) atoms. The molecule has 0 aliphatic heterocycles. The number of carbonyl (C=O) groups is 4. The van der Waals surface area contributed by atoms with Gasteiger partial charge in [0, 0.05) is 38.1 Å². The van der Waals surface area contributed by atoms with Crippen LogP contribution in [0.4, 0.5) is 0 Å². The average molecular weight is 595 g/mol. The minimum Gasteiger partial charge on any atom is -0.353 e. The Bertz CT molecular complexity index is 1390. The normalized spacial score (nSPS) is 12.3. The van der Waals surface area contributed by atoms with Gasteiger partial charge >= 0.3 is 0 Å². The predicted molar refractivity (Wildman–Crippen MR) is 152 cm³/mol. The van der Waals surface area contributed by atoms with Crippen molar-refractivity contribution in [2.75, 3.05) is 7.05 Å². The first-order valence-corrected chi connectivity index (χ1v) is 15.6. The molecule has 2 aromatic rings. The smallest absolute Gasteiger partial charge is 0.287 e. The molecule has 11 nitrogen and oxygen atoms in total. The van der Waals surface area contributed by atoms with Gasteiger partial charge in [-0.25, -0.2) is 13.4 Å². The van der Waals surface area contributed by atoms with Crippen LogP contribution in [0.3, 0.4) is 0 Å². The van der Waals surface area contributed by atoms with Crippen molar-refractivity contribution in [3.8, 4) is 0 Å². The maximum absolute atomic E-state index is 13.3. The number of sulfonamides is 1. The Balaban J connectivity index is 2.25. The molecule has 2 heterocycles. The summed E-state index contributed by atoms with van der Waals surface area (Å²) >= 11 is 0.941. The number of ketones is 3. The van der Waals surface area contributed by atoms with Crippen molar-refractivity contribution >= 4 is 44.6 Å². The Hall–Kier alpha value is -3.03. The summed E-state index contributed by atoms with van der Waals surface area (Å²) in [4.78, 5) is 66.8. The lowest BCUT2D eigenvalue weighted by Crippen LogP contribution is -2.43. The molecule has 220 valence electrons. The van der Waals surface area contributed by atoms with E-state index in [1.165, 1.54) is 30.8 Å². The number of aryl methyl sites for hydroxylation is 2. The van der Waals surface area contributed by atoms with Crippen molar-refractivity contribution in [1.82, 2.24) is 19.6 Å². The fraction of sp³-hybridized carbons (Fsp3) is 0.556. The van der Waals surface area contributed by atoms with Crippen LogP contribution in [0.25, 0.3) is 0 Å². The average Bonchev–Trinajstić information content (AvgIpc) is 3.27. The summed E-state index contributed by atoms with van der Waals surface area (Å²) in [7, 11) is -2.90. The minimum atomic E-state index is -4.19. The lowest BCUT2D eigenvalue weighted by Gasteiger charge is -2.17. The van der Waals surface area contributed by atoms with Crippen LogP contribution in [0.15, 0.2) is 27.3 Å². The molecule has 1 amide bonds. The Kier molecular flexibility index (Phi) is 12.5. The van der Waals surface area contributed by atoms with E-state index < -0.39 is 45.5 Å². The highest BCUT2D eigenvalue weighted by Gasteiger charge is 2.30. The summed E-state index contributed by atoms with van der Waals surface area (Å²) in [5.74, 6) is -1.97. The van der Waals surface area contributed by atoms with E-state index in [2.05, 4.69) is 28.9 Å².